The van der Waals surface area contributed by atoms with Crippen molar-refractivity contribution in [1.29, 1.82) is 0 Å². The summed E-state index contributed by atoms with van der Waals surface area (Å²) in [5.74, 6) is 1.81. The Hall–Kier alpha value is -1.18. The van der Waals surface area contributed by atoms with Crippen molar-refractivity contribution in [3.63, 3.8) is 0 Å². The lowest BCUT2D eigenvalue weighted by atomic mass is 10.2. The monoisotopic (exact) mass is 404 g/mol. The number of rotatable bonds is 4. The average molecular weight is 404 g/mol. The number of nitrogens with zero attached hydrogens (tertiary/aromatic N) is 2. The van der Waals surface area contributed by atoms with E-state index >= 15 is 0 Å². The number of ether oxygens (including phenoxy) is 1. The Kier molecular flexibility index (Phi) is 7.63. The third-order valence-corrected chi connectivity index (χ3v) is 3.52. The number of halogens is 1. The first kappa shape index (κ1) is 17.9. The van der Waals surface area contributed by atoms with E-state index in [1.165, 1.54) is 0 Å². The molecule has 1 fully saturated rings. The smallest absolute Gasteiger partial charge is 0.191 e. The number of benzene rings is 1. The second-order valence-electron chi connectivity index (χ2n) is 4.85. The number of para-hydroxylation sites is 2. The predicted octanol–water partition coefficient (Wildman–Crippen LogP) is 2.08. The van der Waals surface area contributed by atoms with Crippen LogP contribution in [0.15, 0.2) is 29.3 Å². The first-order chi connectivity index (χ1) is 9.78. The van der Waals surface area contributed by atoms with Crippen LogP contribution in [0.5, 0.6) is 5.75 Å². The minimum Gasteiger partial charge on any atom is -0.495 e. The maximum absolute atomic E-state index is 5.44. The van der Waals surface area contributed by atoms with Gasteiger partial charge in [0.15, 0.2) is 5.96 Å². The molecule has 1 heterocycles. The standard InChI is InChI=1S/C15H24N4O.HI/c1-4-17-15(16-2)18-12-9-10-19(11-12)13-7-5-6-8-14(13)20-3;/h5-8,12H,4,9-11H2,1-3H3,(H2,16,17,18);1H. The van der Waals surface area contributed by atoms with Crippen LogP contribution >= 0.6 is 24.0 Å². The van der Waals surface area contributed by atoms with E-state index in [0.717, 1.165) is 43.5 Å². The molecule has 0 amide bonds. The van der Waals surface area contributed by atoms with Gasteiger partial charge in [0.25, 0.3) is 0 Å². The largest absolute Gasteiger partial charge is 0.495 e. The van der Waals surface area contributed by atoms with E-state index in [-0.39, 0.29) is 24.0 Å². The number of hydrogen-bond acceptors (Lipinski definition) is 3. The molecule has 2 rings (SSSR count). The highest BCUT2D eigenvalue weighted by Crippen LogP contribution is 2.30. The molecule has 1 unspecified atom stereocenters. The lowest BCUT2D eigenvalue weighted by Gasteiger charge is -2.22. The minimum absolute atomic E-state index is 0. The lowest BCUT2D eigenvalue weighted by molar-refractivity contribution is 0.415. The second kappa shape index (κ2) is 8.96. The summed E-state index contributed by atoms with van der Waals surface area (Å²) in [7, 11) is 3.52. The normalized spacial score (nSPS) is 18.1. The van der Waals surface area contributed by atoms with Crippen LogP contribution in [-0.4, -0.2) is 45.8 Å². The first-order valence-electron chi connectivity index (χ1n) is 7.13. The van der Waals surface area contributed by atoms with Crippen molar-refractivity contribution >= 4 is 35.6 Å². The Labute approximate surface area is 144 Å². The Bertz CT molecular complexity index is 467. The van der Waals surface area contributed by atoms with Gasteiger partial charge < -0.3 is 20.3 Å². The molecule has 1 aromatic rings. The molecule has 1 aliphatic rings. The summed E-state index contributed by atoms with van der Waals surface area (Å²) in [6, 6.07) is 8.59. The van der Waals surface area contributed by atoms with E-state index in [1.54, 1.807) is 14.2 Å². The zero-order valence-corrected chi connectivity index (χ0v) is 15.3. The van der Waals surface area contributed by atoms with Crippen molar-refractivity contribution in [2.75, 3.05) is 38.7 Å². The van der Waals surface area contributed by atoms with Gasteiger partial charge >= 0.3 is 0 Å². The maximum atomic E-state index is 5.44. The molecule has 118 valence electrons. The first-order valence-corrected chi connectivity index (χ1v) is 7.13. The van der Waals surface area contributed by atoms with Crippen molar-refractivity contribution in [2.45, 2.75) is 19.4 Å². The third-order valence-electron chi connectivity index (χ3n) is 3.52. The van der Waals surface area contributed by atoms with E-state index in [2.05, 4.69) is 39.6 Å². The zero-order valence-electron chi connectivity index (χ0n) is 12.9. The molecule has 0 spiro atoms. The van der Waals surface area contributed by atoms with Gasteiger partial charge in [-0.25, -0.2) is 0 Å². The quantitative estimate of drug-likeness (QED) is 0.459. The Morgan fingerprint density at radius 3 is 2.86 bits per heavy atom. The van der Waals surface area contributed by atoms with Gasteiger partial charge in [-0.05, 0) is 25.5 Å². The molecule has 1 aliphatic heterocycles. The van der Waals surface area contributed by atoms with Crippen LogP contribution in [0.25, 0.3) is 0 Å². The highest BCUT2D eigenvalue weighted by Gasteiger charge is 2.24. The van der Waals surface area contributed by atoms with Crippen molar-refractivity contribution < 1.29 is 4.74 Å². The number of aliphatic imine (C=N–C) groups is 1. The number of methoxy groups -OCH3 is 1. The van der Waals surface area contributed by atoms with Crippen LogP contribution in [0.4, 0.5) is 5.69 Å². The molecule has 1 aromatic carbocycles. The number of nitrogens with one attached hydrogen (secondary N) is 2. The van der Waals surface area contributed by atoms with E-state index < -0.39 is 0 Å². The summed E-state index contributed by atoms with van der Waals surface area (Å²) >= 11 is 0. The van der Waals surface area contributed by atoms with Crippen molar-refractivity contribution in [1.82, 2.24) is 10.6 Å². The van der Waals surface area contributed by atoms with Gasteiger partial charge in [-0.2, -0.15) is 0 Å². The van der Waals surface area contributed by atoms with Crippen molar-refractivity contribution in [2.24, 2.45) is 4.99 Å². The summed E-state index contributed by atoms with van der Waals surface area (Å²) in [4.78, 5) is 6.58. The molecule has 6 heteroatoms. The zero-order chi connectivity index (χ0) is 14.4. The van der Waals surface area contributed by atoms with Gasteiger partial charge in [-0.1, -0.05) is 12.1 Å². The van der Waals surface area contributed by atoms with Crippen LogP contribution in [0.3, 0.4) is 0 Å². The summed E-state index contributed by atoms with van der Waals surface area (Å²) < 4.78 is 5.44. The van der Waals surface area contributed by atoms with Crippen LogP contribution in [0, 0.1) is 0 Å². The fourth-order valence-corrected chi connectivity index (χ4v) is 2.54. The van der Waals surface area contributed by atoms with Crippen LogP contribution in [-0.2, 0) is 0 Å². The molecule has 0 aliphatic carbocycles. The lowest BCUT2D eigenvalue weighted by Crippen LogP contribution is -2.44. The Morgan fingerprint density at radius 2 is 2.19 bits per heavy atom. The van der Waals surface area contributed by atoms with Gasteiger partial charge in [0.2, 0.25) is 0 Å². The molecule has 1 atom stereocenters. The van der Waals surface area contributed by atoms with E-state index in [1.807, 2.05) is 12.1 Å². The molecular weight excluding hydrogens is 379 g/mol. The molecule has 0 bridgehead atoms. The molecule has 0 aromatic heterocycles. The van der Waals surface area contributed by atoms with Crippen molar-refractivity contribution in [3.05, 3.63) is 24.3 Å². The van der Waals surface area contributed by atoms with Gasteiger partial charge in [0.1, 0.15) is 5.75 Å². The third kappa shape index (κ3) is 4.66. The van der Waals surface area contributed by atoms with E-state index in [0.29, 0.717) is 6.04 Å². The van der Waals surface area contributed by atoms with Gasteiger partial charge in [-0.15, -0.1) is 24.0 Å². The van der Waals surface area contributed by atoms with E-state index in [4.69, 9.17) is 4.74 Å². The van der Waals surface area contributed by atoms with Gasteiger partial charge in [0.05, 0.1) is 12.8 Å². The molecule has 0 saturated carbocycles. The predicted molar refractivity (Wildman–Crippen MR) is 99.2 cm³/mol. The van der Waals surface area contributed by atoms with Crippen LogP contribution in [0.1, 0.15) is 13.3 Å². The molecule has 21 heavy (non-hydrogen) atoms. The van der Waals surface area contributed by atoms with Gasteiger partial charge in [-0.3, -0.25) is 4.99 Å². The summed E-state index contributed by atoms with van der Waals surface area (Å²) in [6.45, 7) is 4.94. The van der Waals surface area contributed by atoms with Crippen LogP contribution in [0.2, 0.25) is 0 Å². The maximum Gasteiger partial charge on any atom is 0.191 e. The SMILES string of the molecule is CCNC(=NC)NC1CCN(c2ccccc2OC)C1.I. The average Bonchev–Trinajstić information content (AvgIpc) is 2.95. The molecule has 0 radical (unpaired) electrons. The number of anilines is 1. The fourth-order valence-electron chi connectivity index (χ4n) is 2.54. The number of hydrogen-bond donors (Lipinski definition) is 2. The van der Waals surface area contributed by atoms with Gasteiger partial charge in [0, 0.05) is 32.7 Å². The topological polar surface area (TPSA) is 48.9 Å². The number of guanidine groups is 1. The summed E-state index contributed by atoms with van der Waals surface area (Å²) in [6.07, 6.45) is 1.10. The Morgan fingerprint density at radius 1 is 1.43 bits per heavy atom. The van der Waals surface area contributed by atoms with Crippen LogP contribution < -0.4 is 20.3 Å². The highest BCUT2D eigenvalue weighted by molar-refractivity contribution is 14.0. The minimum atomic E-state index is 0. The molecular formula is C15H25IN4O. The van der Waals surface area contributed by atoms with Crippen molar-refractivity contribution in [3.8, 4) is 5.75 Å². The molecule has 1 saturated heterocycles. The second-order valence-corrected chi connectivity index (χ2v) is 4.85. The molecule has 5 nitrogen and oxygen atoms in total. The summed E-state index contributed by atoms with van der Waals surface area (Å²) in [5.41, 5.74) is 1.16. The summed E-state index contributed by atoms with van der Waals surface area (Å²) in [5, 5.41) is 6.69. The van der Waals surface area contributed by atoms with E-state index in [9.17, 15) is 0 Å². The Balaban J connectivity index is 0.00000220. The fraction of sp³-hybridized carbons (Fsp3) is 0.533. The molecule has 2 N–H and O–H groups in total. The highest BCUT2D eigenvalue weighted by atomic mass is 127.